The molecule has 1 aliphatic carbocycles. The minimum atomic E-state index is -0.899. The first-order chi connectivity index (χ1) is 13.2. The highest BCUT2D eigenvalue weighted by Crippen LogP contribution is 2.47. The molecule has 8 nitrogen and oxygen atoms in total. The third-order valence-electron chi connectivity index (χ3n) is 4.76. The van der Waals surface area contributed by atoms with Gasteiger partial charge in [0.1, 0.15) is 23.0 Å². The van der Waals surface area contributed by atoms with E-state index in [2.05, 4.69) is 15.3 Å². The number of phenolic OH excluding ortho intramolecular Hbond substituents is 1. The van der Waals surface area contributed by atoms with E-state index in [4.69, 9.17) is 4.74 Å². The number of imidazole rings is 1. The fraction of sp³-hybridized carbons (Fsp3) is 0.278. The molecule has 27 heavy (non-hydrogen) atoms. The lowest BCUT2D eigenvalue weighted by Gasteiger charge is -2.09. The summed E-state index contributed by atoms with van der Waals surface area (Å²) in [6.45, 7) is 0. The summed E-state index contributed by atoms with van der Waals surface area (Å²) < 4.78 is 8.51. The number of aromatic nitrogens is 5. The van der Waals surface area contributed by atoms with Gasteiger partial charge < -0.3 is 14.9 Å². The molecule has 1 aromatic carbocycles. The van der Waals surface area contributed by atoms with E-state index in [0.29, 0.717) is 23.0 Å². The zero-order chi connectivity index (χ0) is 18.5. The second kappa shape index (κ2) is 6.07. The van der Waals surface area contributed by atoms with Crippen molar-refractivity contribution in [2.45, 2.75) is 24.9 Å². The van der Waals surface area contributed by atoms with Crippen molar-refractivity contribution in [1.82, 2.24) is 24.4 Å². The summed E-state index contributed by atoms with van der Waals surface area (Å²) in [4.78, 5) is 6.38. The molecule has 0 aliphatic heterocycles. The Morgan fingerprint density at radius 2 is 2.19 bits per heavy atom. The maximum atomic E-state index is 11.0. The lowest BCUT2D eigenvalue weighted by atomic mass is 10.1. The van der Waals surface area contributed by atoms with Gasteiger partial charge in [-0.3, -0.25) is 4.40 Å². The summed E-state index contributed by atoms with van der Waals surface area (Å²) in [5, 5.41) is 29.3. The Morgan fingerprint density at radius 1 is 1.33 bits per heavy atom. The highest BCUT2D eigenvalue weighted by molar-refractivity contribution is 7.17. The number of hydrogen-bond acceptors (Lipinski definition) is 7. The Balaban J connectivity index is 1.52. The molecule has 0 radical (unpaired) electrons. The summed E-state index contributed by atoms with van der Waals surface area (Å²) in [5.41, 5.74) is 1.89. The number of phenols is 1. The molecule has 0 saturated heterocycles. The molecule has 3 aromatic heterocycles. The summed E-state index contributed by atoms with van der Waals surface area (Å²) >= 11 is 1.67. The van der Waals surface area contributed by atoms with Gasteiger partial charge in [0, 0.05) is 10.9 Å². The van der Waals surface area contributed by atoms with Gasteiger partial charge in [-0.05, 0) is 30.9 Å². The number of nitrogens with zero attached hydrogens (tertiary/aromatic N) is 5. The van der Waals surface area contributed by atoms with E-state index < -0.39 is 6.10 Å². The van der Waals surface area contributed by atoms with Gasteiger partial charge in [-0.15, -0.1) is 16.4 Å². The molecular weight excluding hydrogens is 366 g/mol. The number of thiazole rings is 1. The minimum absolute atomic E-state index is 0.0153. The van der Waals surface area contributed by atoms with Crippen LogP contribution in [0.15, 0.2) is 36.9 Å². The maximum Gasteiger partial charge on any atom is 0.160 e. The van der Waals surface area contributed by atoms with Crippen LogP contribution in [-0.2, 0) is 0 Å². The van der Waals surface area contributed by atoms with Crippen molar-refractivity contribution in [3.63, 3.8) is 0 Å². The fourth-order valence-corrected chi connectivity index (χ4v) is 4.52. The van der Waals surface area contributed by atoms with Gasteiger partial charge in [-0.25, -0.2) is 9.67 Å². The van der Waals surface area contributed by atoms with Crippen LogP contribution < -0.4 is 4.74 Å². The Morgan fingerprint density at radius 3 is 2.93 bits per heavy atom. The van der Waals surface area contributed by atoms with Crippen LogP contribution in [0, 0.1) is 0 Å². The molecule has 9 heteroatoms. The first-order valence-electron chi connectivity index (χ1n) is 8.58. The van der Waals surface area contributed by atoms with Crippen LogP contribution >= 0.6 is 11.3 Å². The van der Waals surface area contributed by atoms with Gasteiger partial charge in [-0.1, -0.05) is 5.21 Å². The summed E-state index contributed by atoms with van der Waals surface area (Å²) in [6.07, 6.45) is 6.60. The van der Waals surface area contributed by atoms with E-state index in [-0.39, 0.29) is 5.75 Å². The zero-order valence-electron chi connectivity index (χ0n) is 14.5. The normalized spacial score (nSPS) is 15.3. The van der Waals surface area contributed by atoms with Gasteiger partial charge in [-0.2, -0.15) is 0 Å². The largest absolute Gasteiger partial charge is 0.504 e. The van der Waals surface area contributed by atoms with Gasteiger partial charge in [0.15, 0.2) is 11.5 Å². The molecule has 1 saturated carbocycles. The Labute approximate surface area is 158 Å². The van der Waals surface area contributed by atoms with E-state index in [1.54, 1.807) is 36.0 Å². The molecule has 0 spiro atoms. The standard InChI is InChI=1S/C18H17N5O3S/c1-26-14-5-4-11(6-13(14)24)23-8-12(20-21-23)17(25)16-18(10-2-3-10)27-15-7-19-9-22(15)16/h4-10,17,24-25H,2-3H2,1H3. The van der Waals surface area contributed by atoms with Crippen molar-refractivity contribution in [1.29, 1.82) is 0 Å². The van der Waals surface area contributed by atoms with Crippen molar-refractivity contribution in [2.24, 2.45) is 0 Å². The predicted octanol–water partition coefficient (Wildman–Crippen LogP) is 2.65. The molecule has 3 heterocycles. The molecular formula is C18H17N5O3S. The van der Waals surface area contributed by atoms with Gasteiger partial charge >= 0.3 is 0 Å². The molecule has 2 N–H and O–H groups in total. The van der Waals surface area contributed by atoms with E-state index in [1.165, 1.54) is 22.7 Å². The third-order valence-corrected chi connectivity index (χ3v) is 6.03. The molecule has 1 atom stereocenters. The van der Waals surface area contributed by atoms with Crippen molar-refractivity contribution in [2.75, 3.05) is 7.11 Å². The van der Waals surface area contributed by atoms with Crippen LogP contribution in [0.3, 0.4) is 0 Å². The summed E-state index contributed by atoms with van der Waals surface area (Å²) in [6, 6.07) is 4.96. The number of rotatable bonds is 5. The molecule has 5 rings (SSSR count). The number of aromatic hydroxyl groups is 1. The van der Waals surface area contributed by atoms with E-state index >= 15 is 0 Å². The number of benzene rings is 1. The van der Waals surface area contributed by atoms with Gasteiger partial charge in [0.25, 0.3) is 0 Å². The van der Waals surface area contributed by atoms with Crippen LogP contribution in [-0.4, -0.2) is 41.7 Å². The Hall–Kier alpha value is -2.91. The topological polar surface area (TPSA) is 97.7 Å². The molecule has 4 aromatic rings. The number of aliphatic hydroxyl groups is 1. The number of methoxy groups -OCH3 is 1. The third kappa shape index (κ3) is 2.66. The van der Waals surface area contributed by atoms with E-state index in [0.717, 1.165) is 23.4 Å². The average molecular weight is 383 g/mol. The molecule has 1 unspecified atom stereocenters. The average Bonchev–Trinajstić information content (AvgIpc) is 3.08. The van der Waals surface area contributed by atoms with Crippen LogP contribution in [0.5, 0.6) is 11.5 Å². The van der Waals surface area contributed by atoms with Crippen LogP contribution in [0.1, 0.15) is 41.1 Å². The molecule has 138 valence electrons. The summed E-state index contributed by atoms with van der Waals surface area (Å²) in [5.74, 6) is 0.906. The van der Waals surface area contributed by atoms with Crippen molar-refractivity contribution < 1.29 is 14.9 Å². The van der Waals surface area contributed by atoms with Crippen LogP contribution in [0.4, 0.5) is 0 Å². The highest BCUT2D eigenvalue weighted by atomic mass is 32.1. The van der Waals surface area contributed by atoms with Gasteiger partial charge in [0.05, 0.1) is 30.9 Å². The molecule has 1 aliphatic rings. The molecule has 0 bridgehead atoms. The number of ether oxygens (including phenoxy) is 1. The van der Waals surface area contributed by atoms with E-state index in [1.807, 2.05) is 10.6 Å². The summed E-state index contributed by atoms with van der Waals surface area (Å²) in [7, 11) is 1.49. The van der Waals surface area contributed by atoms with E-state index in [9.17, 15) is 10.2 Å². The molecule has 1 fully saturated rings. The number of aliphatic hydroxyl groups excluding tert-OH is 1. The minimum Gasteiger partial charge on any atom is -0.504 e. The van der Waals surface area contributed by atoms with Crippen molar-refractivity contribution >= 4 is 16.2 Å². The first-order valence-corrected chi connectivity index (χ1v) is 9.39. The second-order valence-electron chi connectivity index (χ2n) is 6.57. The number of hydrogen-bond donors (Lipinski definition) is 2. The van der Waals surface area contributed by atoms with Crippen LogP contribution in [0.2, 0.25) is 0 Å². The SMILES string of the molecule is COc1ccc(-n2cc(C(O)c3c(C4CC4)sc4cncn34)nn2)cc1O. The van der Waals surface area contributed by atoms with Crippen molar-refractivity contribution in [3.8, 4) is 17.2 Å². The Bertz CT molecular complexity index is 1130. The fourth-order valence-electron chi connectivity index (χ4n) is 3.22. The smallest absolute Gasteiger partial charge is 0.160 e. The maximum absolute atomic E-state index is 11.0. The van der Waals surface area contributed by atoms with Crippen LogP contribution in [0.25, 0.3) is 10.5 Å². The zero-order valence-corrected chi connectivity index (χ0v) is 15.3. The lowest BCUT2D eigenvalue weighted by Crippen LogP contribution is -2.06. The lowest BCUT2D eigenvalue weighted by molar-refractivity contribution is 0.208. The predicted molar refractivity (Wildman–Crippen MR) is 98.7 cm³/mol. The first kappa shape index (κ1) is 16.3. The number of fused-ring (bicyclic) bond motifs is 1. The highest BCUT2D eigenvalue weighted by Gasteiger charge is 2.33. The van der Waals surface area contributed by atoms with Crippen molar-refractivity contribution in [3.05, 3.63) is 53.2 Å². The van der Waals surface area contributed by atoms with Gasteiger partial charge in [0.2, 0.25) is 0 Å². The molecule has 0 amide bonds. The second-order valence-corrected chi connectivity index (χ2v) is 7.64. The monoisotopic (exact) mass is 383 g/mol. The Kier molecular flexibility index (Phi) is 3.66. The quantitative estimate of drug-likeness (QED) is 0.550.